The molecular formula is C13H16ClN3S. The van der Waals surface area contributed by atoms with Crippen molar-refractivity contribution < 1.29 is 0 Å². The molecule has 1 atom stereocenters. The lowest BCUT2D eigenvalue weighted by molar-refractivity contribution is 0.532. The van der Waals surface area contributed by atoms with Crippen molar-refractivity contribution in [3.8, 4) is 0 Å². The van der Waals surface area contributed by atoms with Crippen LogP contribution in [-0.2, 0) is 6.42 Å². The SMILES string of the molecule is CCNC(Cc1csc(C)n1)c1ccc(Cl)cn1. The number of thiazole rings is 1. The van der Waals surface area contributed by atoms with Gasteiger partial charge in [0.15, 0.2) is 0 Å². The molecule has 2 heterocycles. The summed E-state index contributed by atoms with van der Waals surface area (Å²) in [6.45, 7) is 5.02. The number of pyridine rings is 1. The topological polar surface area (TPSA) is 37.8 Å². The number of aromatic nitrogens is 2. The third-order valence-corrected chi connectivity index (χ3v) is 3.68. The van der Waals surface area contributed by atoms with E-state index in [1.165, 1.54) is 0 Å². The maximum Gasteiger partial charge on any atom is 0.0897 e. The number of nitrogens with one attached hydrogen (secondary N) is 1. The van der Waals surface area contributed by atoms with Crippen LogP contribution in [0.25, 0.3) is 0 Å². The molecule has 18 heavy (non-hydrogen) atoms. The van der Waals surface area contributed by atoms with Crippen molar-refractivity contribution in [2.45, 2.75) is 26.3 Å². The number of likely N-dealkylation sites (N-methyl/N-ethyl adjacent to an activating group) is 1. The molecule has 2 aromatic heterocycles. The first-order valence-electron chi connectivity index (χ1n) is 5.95. The van der Waals surface area contributed by atoms with Crippen LogP contribution in [0.4, 0.5) is 0 Å². The minimum atomic E-state index is 0.189. The maximum atomic E-state index is 5.86. The number of rotatable bonds is 5. The van der Waals surface area contributed by atoms with Crippen LogP contribution in [0.15, 0.2) is 23.7 Å². The van der Waals surface area contributed by atoms with Gasteiger partial charge in [0.25, 0.3) is 0 Å². The lowest BCUT2D eigenvalue weighted by Crippen LogP contribution is -2.24. The largest absolute Gasteiger partial charge is 0.309 e. The molecule has 0 saturated heterocycles. The highest BCUT2D eigenvalue weighted by molar-refractivity contribution is 7.09. The molecule has 2 aromatic rings. The summed E-state index contributed by atoms with van der Waals surface area (Å²) in [5, 5.41) is 7.31. The van der Waals surface area contributed by atoms with Gasteiger partial charge in [-0.25, -0.2) is 4.98 Å². The van der Waals surface area contributed by atoms with Gasteiger partial charge in [0, 0.05) is 18.0 Å². The summed E-state index contributed by atoms with van der Waals surface area (Å²) in [6.07, 6.45) is 2.54. The Balaban J connectivity index is 2.14. The number of hydrogen-bond donors (Lipinski definition) is 1. The Bertz CT molecular complexity index is 495. The molecular weight excluding hydrogens is 266 g/mol. The number of halogens is 1. The molecule has 96 valence electrons. The van der Waals surface area contributed by atoms with E-state index in [1.807, 2.05) is 19.1 Å². The van der Waals surface area contributed by atoms with Crippen molar-refractivity contribution in [3.05, 3.63) is 45.1 Å². The molecule has 2 rings (SSSR count). The highest BCUT2D eigenvalue weighted by atomic mass is 35.5. The summed E-state index contributed by atoms with van der Waals surface area (Å²) in [5.74, 6) is 0. The van der Waals surface area contributed by atoms with Crippen LogP contribution in [0.1, 0.15) is 29.4 Å². The molecule has 1 N–H and O–H groups in total. The average Bonchev–Trinajstić information content (AvgIpc) is 2.75. The van der Waals surface area contributed by atoms with Crippen molar-refractivity contribution in [2.75, 3.05) is 6.54 Å². The molecule has 3 nitrogen and oxygen atoms in total. The van der Waals surface area contributed by atoms with Crippen LogP contribution >= 0.6 is 22.9 Å². The van der Waals surface area contributed by atoms with Gasteiger partial charge in [-0.05, 0) is 25.6 Å². The van der Waals surface area contributed by atoms with Crippen molar-refractivity contribution in [2.24, 2.45) is 0 Å². The predicted octanol–water partition coefficient (Wildman–Crippen LogP) is 3.39. The van der Waals surface area contributed by atoms with Gasteiger partial charge in [-0.3, -0.25) is 4.98 Å². The number of aryl methyl sites for hydroxylation is 1. The minimum absolute atomic E-state index is 0.189. The normalized spacial score (nSPS) is 12.6. The van der Waals surface area contributed by atoms with Crippen LogP contribution in [0, 0.1) is 6.92 Å². The average molecular weight is 282 g/mol. The summed E-state index contributed by atoms with van der Waals surface area (Å²) >= 11 is 7.55. The van der Waals surface area contributed by atoms with Gasteiger partial charge in [-0.1, -0.05) is 18.5 Å². The molecule has 0 amide bonds. The minimum Gasteiger partial charge on any atom is -0.309 e. The Labute approximate surface area is 116 Å². The highest BCUT2D eigenvalue weighted by Gasteiger charge is 2.14. The van der Waals surface area contributed by atoms with Crippen LogP contribution in [0.3, 0.4) is 0 Å². The van der Waals surface area contributed by atoms with E-state index in [0.717, 1.165) is 29.4 Å². The first kappa shape index (κ1) is 13.5. The second-order valence-corrected chi connectivity index (χ2v) is 5.57. The molecule has 0 saturated carbocycles. The summed E-state index contributed by atoms with van der Waals surface area (Å²) < 4.78 is 0. The van der Waals surface area contributed by atoms with Gasteiger partial charge in [0.2, 0.25) is 0 Å². The zero-order chi connectivity index (χ0) is 13.0. The van der Waals surface area contributed by atoms with Crippen LogP contribution < -0.4 is 5.32 Å². The summed E-state index contributed by atoms with van der Waals surface area (Å²) in [5.41, 5.74) is 2.12. The molecule has 0 aromatic carbocycles. The van der Waals surface area contributed by atoms with E-state index in [-0.39, 0.29) is 6.04 Å². The van der Waals surface area contributed by atoms with Crippen molar-refractivity contribution >= 4 is 22.9 Å². The molecule has 0 fully saturated rings. The standard InChI is InChI=1S/C13H16ClN3S/c1-3-15-13(6-11-8-18-9(2)17-11)12-5-4-10(14)7-16-12/h4-5,7-8,13,15H,3,6H2,1-2H3. The third-order valence-electron chi connectivity index (χ3n) is 2.64. The molecule has 0 aliphatic carbocycles. The van der Waals surface area contributed by atoms with Gasteiger partial charge < -0.3 is 5.32 Å². The van der Waals surface area contributed by atoms with Crippen molar-refractivity contribution in [1.29, 1.82) is 0 Å². The van der Waals surface area contributed by atoms with Gasteiger partial charge in [0.05, 0.1) is 27.5 Å². The zero-order valence-corrected chi connectivity index (χ0v) is 12.1. The molecule has 0 bridgehead atoms. The Morgan fingerprint density at radius 2 is 2.28 bits per heavy atom. The first-order chi connectivity index (χ1) is 8.69. The monoisotopic (exact) mass is 281 g/mol. The zero-order valence-electron chi connectivity index (χ0n) is 10.5. The Morgan fingerprint density at radius 3 is 2.83 bits per heavy atom. The Kier molecular flexibility index (Phi) is 4.69. The quantitative estimate of drug-likeness (QED) is 0.913. The summed E-state index contributed by atoms with van der Waals surface area (Å²) in [7, 11) is 0. The lowest BCUT2D eigenvalue weighted by atomic mass is 10.1. The fraction of sp³-hybridized carbons (Fsp3) is 0.385. The van der Waals surface area contributed by atoms with E-state index in [4.69, 9.17) is 11.6 Å². The van der Waals surface area contributed by atoms with Gasteiger partial charge >= 0.3 is 0 Å². The van der Waals surface area contributed by atoms with Crippen LogP contribution in [0.5, 0.6) is 0 Å². The first-order valence-corrected chi connectivity index (χ1v) is 7.20. The summed E-state index contributed by atoms with van der Waals surface area (Å²) in [6, 6.07) is 4.03. The van der Waals surface area contributed by atoms with E-state index in [9.17, 15) is 0 Å². The second-order valence-electron chi connectivity index (χ2n) is 4.07. The Morgan fingerprint density at radius 1 is 1.44 bits per heavy atom. The molecule has 5 heteroatoms. The lowest BCUT2D eigenvalue weighted by Gasteiger charge is -2.16. The maximum absolute atomic E-state index is 5.86. The van der Waals surface area contributed by atoms with E-state index >= 15 is 0 Å². The van der Waals surface area contributed by atoms with E-state index in [1.54, 1.807) is 17.5 Å². The van der Waals surface area contributed by atoms with E-state index in [0.29, 0.717) is 5.02 Å². The fourth-order valence-corrected chi connectivity index (χ4v) is 2.57. The van der Waals surface area contributed by atoms with E-state index in [2.05, 4.69) is 27.6 Å². The Hall–Kier alpha value is -0.970. The molecule has 0 aliphatic heterocycles. The van der Waals surface area contributed by atoms with Crippen LogP contribution in [-0.4, -0.2) is 16.5 Å². The van der Waals surface area contributed by atoms with Crippen molar-refractivity contribution in [3.63, 3.8) is 0 Å². The number of hydrogen-bond acceptors (Lipinski definition) is 4. The third kappa shape index (κ3) is 3.51. The van der Waals surface area contributed by atoms with Crippen molar-refractivity contribution in [1.82, 2.24) is 15.3 Å². The van der Waals surface area contributed by atoms with Crippen LogP contribution in [0.2, 0.25) is 5.02 Å². The molecule has 1 unspecified atom stereocenters. The van der Waals surface area contributed by atoms with Gasteiger partial charge in [-0.15, -0.1) is 11.3 Å². The second kappa shape index (κ2) is 6.27. The molecule has 0 aliphatic rings. The highest BCUT2D eigenvalue weighted by Crippen LogP contribution is 2.19. The van der Waals surface area contributed by atoms with Gasteiger partial charge in [0.1, 0.15) is 0 Å². The fourth-order valence-electron chi connectivity index (χ4n) is 1.83. The smallest absolute Gasteiger partial charge is 0.0897 e. The predicted molar refractivity (Wildman–Crippen MR) is 76.2 cm³/mol. The van der Waals surface area contributed by atoms with E-state index < -0.39 is 0 Å². The molecule has 0 spiro atoms. The number of nitrogens with zero attached hydrogens (tertiary/aromatic N) is 2. The molecule has 0 radical (unpaired) electrons. The summed E-state index contributed by atoms with van der Waals surface area (Å²) in [4.78, 5) is 8.88. The van der Waals surface area contributed by atoms with Gasteiger partial charge in [-0.2, -0.15) is 0 Å².